The number of hydrogen-bond donors (Lipinski definition) is 1. The van der Waals surface area contributed by atoms with Crippen LogP contribution in [0.5, 0.6) is 23.0 Å². The fourth-order valence-corrected chi connectivity index (χ4v) is 3.05. The van der Waals surface area contributed by atoms with Gasteiger partial charge in [-0.05, 0) is 6.92 Å². The van der Waals surface area contributed by atoms with E-state index < -0.39 is 12.1 Å². The molecule has 2 aliphatic rings. The summed E-state index contributed by atoms with van der Waals surface area (Å²) in [4.78, 5) is 17.2. The minimum atomic E-state index is -0.507. The first-order chi connectivity index (χ1) is 13.1. The molecule has 1 aromatic rings. The van der Waals surface area contributed by atoms with Crippen molar-refractivity contribution in [2.45, 2.75) is 25.9 Å². The van der Waals surface area contributed by atoms with E-state index >= 15 is 0 Å². The summed E-state index contributed by atoms with van der Waals surface area (Å²) in [5.74, 6) is 0.991. The van der Waals surface area contributed by atoms with Crippen LogP contribution in [0.4, 0.5) is 0 Å². The highest BCUT2D eigenvalue weighted by Crippen LogP contribution is 2.51. The van der Waals surface area contributed by atoms with E-state index in [1.54, 1.807) is 6.92 Å². The second-order valence-corrected chi connectivity index (χ2v) is 5.66. The van der Waals surface area contributed by atoms with Gasteiger partial charge in [0.15, 0.2) is 17.2 Å². The summed E-state index contributed by atoms with van der Waals surface area (Å²) in [5, 5.41) is 16.0. The third-order valence-electron chi connectivity index (χ3n) is 4.14. The number of ether oxygens (including phenoxy) is 5. The molecule has 0 aliphatic carbocycles. The average molecular weight is 380 g/mol. The largest absolute Gasteiger partial charge is 0.492 e. The van der Waals surface area contributed by atoms with Crippen molar-refractivity contribution in [3.63, 3.8) is 0 Å². The van der Waals surface area contributed by atoms with E-state index in [2.05, 4.69) is 10.3 Å². The van der Waals surface area contributed by atoms with Gasteiger partial charge < -0.3 is 33.7 Å². The van der Waals surface area contributed by atoms with Crippen molar-refractivity contribution in [3.8, 4) is 23.0 Å². The van der Waals surface area contributed by atoms with Crippen molar-refractivity contribution < 1.29 is 38.5 Å². The van der Waals surface area contributed by atoms with Crippen LogP contribution in [0.3, 0.4) is 0 Å². The second kappa shape index (κ2) is 8.02. The average Bonchev–Trinajstić information content (AvgIpc) is 3.33. The standard InChI is InChI=1S/C17H20N2O8/c1-4-24-17(20)12-6-9(27-19-12)5-10-11(7-18-21)14-16(26-8-25-14)15(23-3)13(10)22-2/h7,9,21H,4-6,8H2,1-3H3/b18-7+. The summed E-state index contributed by atoms with van der Waals surface area (Å²) >= 11 is 0. The predicted octanol–water partition coefficient (Wildman–Crippen LogP) is 1.49. The monoisotopic (exact) mass is 380 g/mol. The van der Waals surface area contributed by atoms with E-state index in [0.717, 1.165) is 0 Å². The number of esters is 1. The summed E-state index contributed by atoms with van der Waals surface area (Å²) in [6.45, 7) is 1.98. The Morgan fingerprint density at radius 2 is 2.04 bits per heavy atom. The second-order valence-electron chi connectivity index (χ2n) is 5.66. The third kappa shape index (κ3) is 3.42. The highest BCUT2D eigenvalue weighted by atomic mass is 16.7. The first-order valence-corrected chi connectivity index (χ1v) is 8.28. The van der Waals surface area contributed by atoms with E-state index in [1.807, 2.05) is 0 Å². The maximum Gasteiger partial charge on any atom is 0.356 e. The van der Waals surface area contributed by atoms with Crippen molar-refractivity contribution in [1.29, 1.82) is 0 Å². The minimum absolute atomic E-state index is 0.000611. The lowest BCUT2D eigenvalue weighted by molar-refractivity contribution is -0.135. The van der Waals surface area contributed by atoms with Crippen LogP contribution in [0.1, 0.15) is 24.5 Å². The molecule has 146 valence electrons. The van der Waals surface area contributed by atoms with Gasteiger partial charge in [-0.1, -0.05) is 10.3 Å². The SMILES string of the molecule is CCOC(=O)C1=NOC(Cc2c(/C=N/O)c3c(c(OC)c2OC)OCO3)C1. The number of hydrogen-bond acceptors (Lipinski definition) is 10. The fraction of sp³-hybridized carbons (Fsp3) is 0.471. The van der Waals surface area contributed by atoms with Crippen LogP contribution >= 0.6 is 0 Å². The van der Waals surface area contributed by atoms with Crippen LogP contribution in [0.15, 0.2) is 10.3 Å². The molecule has 2 heterocycles. The van der Waals surface area contributed by atoms with Crippen molar-refractivity contribution >= 4 is 17.9 Å². The molecule has 1 aromatic carbocycles. The number of nitrogens with zero attached hydrogens (tertiary/aromatic N) is 2. The topological polar surface area (TPSA) is 117 Å². The number of oxime groups is 2. The zero-order valence-corrected chi connectivity index (χ0v) is 15.2. The van der Waals surface area contributed by atoms with Crippen LogP contribution in [0, 0.1) is 0 Å². The lowest BCUT2D eigenvalue weighted by Crippen LogP contribution is -2.20. The zero-order chi connectivity index (χ0) is 19.4. The molecule has 10 nitrogen and oxygen atoms in total. The summed E-state index contributed by atoms with van der Waals surface area (Å²) in [7, 11) is 2.97. The summed E-state index contributed by atoms with van der Waals surface area (Å²) < 4.78 is 26.9. The van der Waals surface area contributed by atoms with E-state index in [9.17, 15) is 4.79 Å². The normalized spacial score (nSPS) is 17.6. The maximum absolute atomic E-state index is 11.8. The van der Waals surface area contributed by atoms with Crippen LogP contribution < -0.4 is 18.9 Å². The summed E-state index contributed by atoms with van der Waals surface area (Å²) in [6.07, 6.45) is 1.36. The van der Waals surface area contributed by atoms with Gasteiger partial charge in [-0.2, -0.15) is 0 Å². The Kier molecular flexibility index (Phi) is 5.53. The Bertz CT molecular complexity index is 790. The number of methoxy groups -OCH3 is 2. The molecule has 1 N–H and O–H groups in total. The summed E-state index contributed by atoms with van der Waals surface area (Å²) in [5.41, 5.74) is 1.29. The molecular formula is C17H20N2O8. The molecule has 2 aliphatic heterocycles. The molecule has 0 amide bonds. The Hall–Kier alpha value is -3.17. The molecule has 0 saturated heterocycles. The van der Waals surface area contributed by atoms with Gasteiger partial charge in [-0.3, -0.25) is 0 Å². The Morgan fingerprint density at radius 1 is 1.30 bits per heavy atom. The number of fused-ring (bicyclic) bond motifs is 1. The van der Waals surface area contributed by atoms with Crippen molar-refractivity contribution in [2.75, 3.05) is 27.6 Å². The van der Waals surface area contributed by atoms with Crippen LogP contribution in [0.25, 0.3) is 0 Å². The van der Waals surface area contributed by atoms with Gasteiger partial charge in [0.05, 0.1) is 27.0 Å². The zero-order valence-electron chi connectivity index (χ0n) is 15.2. The molecule has 0 bridgehead atoms. The lowest BCUT2D eigenvalue weighted by Gasteiger charge is -2.19. The smallest absolute Gasteiger partial charge is 0.356 e. The highest BCUT2D eigenvalue weighted by Gasteiger charge is 2.34. The van der Waals surface area contributed by atoms with E-state index in [4.69, 9.17) is 33.7 Å². The van der Waals surface area contributed by atoms with E-state index in [-0.39, 0.29) is 25.5 Å². The van der Waals surface area contributed by atoms with E-state index in [1.165, 1.54) is 20.4 Å². The first-order valence-electron chi connectivity index (χ1n) is 8.28. The molecule has 1 atom stereocenters. The molecule has 0 radical (unpaired) electrons. The number of carbonyl (C=O) groups excluding carboxylic acids is 1. The highest BCUT2D eigenvalue weighted by molar-refractivity contribution is 6.36. The molecule has 0 aromatic heterocycles. The number of rotatable bonds is 7. The molecule has 27 heavy (non-hydrogen) atoms. The Balaban J connectivity index is 1.94. The van der Waals surface area contributed by atoms with Crippen LogP contribution in [0.2, 0.25) is 0 Å². The molecule has 0 spiro atoms. The lowest BCUT2D eigenvalue weighted by atomic mass is 9.96. The Labute approximate surface area is 155 Å². The third-order valence-corrected chi connectivity index (χ3v) is 4.14. The van der Waals surface area contributed by atoms with Gasteiger partial charge in [0.25, 0.3) is 0 Å². The quantitative estimate of drug-likeness (QED) is 0.327. The van der Waals surface area contributed by atoms with Crippen LogP contribution in [-0.4, -0.2) is 56.8 Å². The van der Waals surface area contributed by atoms with Crippen LogP contribution in [-0.2, 0) is 20.8 Å². The van der Waals surface area contributed by atoms with Gasteiger partial charge in [-0.25, -0.2) is 4.79 Å². The van der Waals surface area contributed by atoms with Gasteiger partial charge >= 0.3 is 5.97 Å². The van der Waals surface area contributed by atoms with Gasteiger partial charge in [0.2, 0.25) is 18.3 Å². The van der Waals surface area contributed by atoms with Gasteiger partial charge in [0, 0.05) is 24.0 Å². The van der Waals surface area contributed by atoms with Crippen molar-refractivity contribution in [2.24, 2.45) is 10.3 Å². The first kappa shape index (κ1) is 18.6. The number of carbonyl (C=O) groups is 1. The molecule has 10 heteroatoms. The van der Waals surface area contributed by atoms with Gasteiger partial charge in [-0.15, -0.1) is 0 Å². The molecule has 0 fully saturated rings. The van der Waals surface area contributed by atoms with Crippen molar-refractivity contribution in [3.05, 3.63) is 11.1 Å². The predicted molar refractivity (Wildman–Crippen MR) is 92.3 cm³/mol. The summed E-state index contributed by atoms with van der Waals surface area (Å²) in [6, 6.07) is 0. The van der Waals surface area contributed by atoms with Crippen molar-refractivity contribution in [1.82, 2.24) is 0 Å². The fourth-order valence-electron chi connectivity index (χ4n) is 3.05. The molecule has 3 rings (SSSR count). The minimum Gasteiger partial charge on any atom is -0.492 e. The number of benzene rings is 1. The molecule has 0 saturated carbocycles. The molecule has 1 unspecified atom stereocenters. The maximum atomic E-state index is 11.8. The molecular weight excluding hydrogens is 360 g/mol. The Morgan fingerprint density at radius 3 is 2.70 bits per heavy atom. The van der Waals surface area contributed by atoms with E-state index in [0.29, 0.717) is 40.5 Å². The van der Waals surface area contributed by atoms with Gasteiger partial charge in [0.1, 0.15) is 6.10 Å².